The van der Waals surface area contributed by atoms with Crippen LogP contribution >= 0.6 is 0 Å². The number of oxazole rings is 1. The second kappa shape index (κ2) is 11.3. The molecular weight excluding hydrogens is 442 g/mol. The highest BCUT2D eigenvalue weighted by molar-refractivity contribution is 5.76. The monoisotopic (exact) mass is 485 g/mol. The van der Waals surface area contributed by atoms with Gasteiger partial charge in [0.05, 0.1) is 13.2 Å². The van der Waals surface area contributed by atoms with Crippen LogP contribution in [0.5, 0.6) is 0 Å². The highest BCUT2D eigenvalue weighted by Gasteiger charge is 2.31. The Kier molecular flexibility index (Phi) is 8.81. The van der Waals surface area contributed by atoms with Gasteiger partial charge < -0.3 is 19.0 Å². The Bertz CT molecular complexity index is 968. The summed E-state index contributed by atoms with van der Waals surface area (Å²) < 4.78 is 18.0. The average molecular weight is 486 g/mol. The summed E-state index contributed by atoms with van der Waals surface area (Å²) in [6, 6.07) is 8.45. The topological polar surface area (TPSA) is 81.8 Å². The lowest BCUT2D eigenvalue weighted by Gasteiger charge is -2.31. The second-order valence-corrected chi connectivity index (χ2v) is 11.9. The molecule has 1 fully saturated rings. The first-order valence-corrected chi connectivity index (χ1v) is 12.9. The first-order chi connectivity index (χ1) is 16.4. The van der Waals surface area contributed by atoms with Crippen molar-refractivity contribution in [1.29, 1.82) is 0 Å². The molecule has 194 valence electrons. The van der Waals surface area contributed by atoms with Crippen molar-refractivity contribution in [2.75, 3.05) is 13.2 Å². The molecule has 0 bridgehead atoms. The fraction of sp³-hybridized carbons (Fsp3) is 0.655. The summed E-state index contributed by atoms with van der Waals surface area (Å²) in [5.41, 5.74) is 2.09. The Morgan fingerprint density at radius 2 is 1.71 bits per heavy atom. The first-order valence-electron chi connectivity index (χ1n) is 12.9. The maximum Gasteiger partial charge on any atom is 0.335 e. The smallest absolute Gasteiger partial charge is 0.335 e. The number of hydrogen-bond acceptors (Lipinski definition) is 5. The van der Waals surface area contributed by atoms with E-state index in [2.05, 4.69) is 58.9 Å². The van der Waals surface area contributed by atoms with E-state index in [1.54, 1.807) is 13.8 Å². The fourth-order valence-electron chi connectivity index (χ4n) is 4.57. The second-order valence-electron chi connectivity index (χ2n) is 11.9. The van der Waals surface area contributed by atoms with Crippen molar-refractivity contribution in [3.63, 3.8) is 0 Å². The summed E-state index contributed by atoms with van der Waals surface area (Å²) in [6.07, 6.45) is 4.31. The molecule has 1 aromatic heterocycles. The molecule has 0 amide bonds. The first kappa shape index (κ1) is 27.4. The molecule has 0 unspecified atom stereocenters. The van der Waals surface area contributed by atoms with Crippen LogP contribution in [0.25, 0.3) is 11.5 Å². The Labute approximate surface area is 210 Å². The van der Waals surface area contributed by atoms with Gasteiger partial charge in [-0.15, -0.1) is 0 Å². The van der Waals surface area contributed by atoms with Crippen LogP contribution in [-0.2, 0) is 26.3 Å². The van der Waals surface area contributed by atoms with Crippen LogP contribution < -0.4 is 0 Å². The number of hydrogen-bond donors (Lipinski definition) is 1. The Balaban J connectivity index is 1.57. The Morgan fingerprint density at radius 1 is 1.09 bits per heavy atom. The minimum atomic E-state index is -1.14. The third-order valence-corrected chi connectivity index (χ3v) is 6.93. The molecule has 1 saturated carbocycles. The zero-order valence-corrected chi connectivity index (χ0v) is 22.5. The van der Waals surface area contributed by atoms with E-state index >= 15 is 0 Å². The van der Waals surface area contributed by atoms with Gasteiger partial charge >= 0.3 is 5.97 Å². The number of carbonyl (C=O) groups is 1. The van der Waals surface area contributed by atoms with Crippen molar-refractivity contribution < 1.29 is 23.8 Å². The Morgan fingerprint density at radius 3 is 2.29 bits per heavy atom. The van der Waals surface area contributed by atoms with E-state index in [1.807, 2.05) is 0 Å². The van der Waals surface area contributed by atoms with Crippen molar-refractivity contribution in [1.82, 2.24) is 4.98 Å². The van der Waals surface area contributed by atoms with Gasteiger partial charge in [0.1, 0.15) is 11.5 Å². The molecule has 0 saturated heterocycles. The van der Waals surface area contributed by atoms with Crippen molar-refractivity contribution >= 4 is 5.97 Å². The van der Waals surface area contributed by atoms with Crippen molar-refractivity contribution in [3.05, 3.63) is 41.3 Å². The molecule has 35 heavy (non-hydrogen) atoms. The van der Waals surface area contributed by atoms with E-state index in [0.29, 0.717) is 37.5 Å². The minimum absolute atomic E-state index is 0.105. The molecule has 1 aliphatic rings. The van der Waals surface area contributed by atoms with Crippen LogP contribution in [0.3, 0.4) is 0 Å². The highest BCUT2D eigenvalue weighted by atomic mass is 16.5. The van der Waals surface area contributed by atoms with Gasteiger partial charge in [-0.1, -0.05) is 53.2 Å². The zero-order valence-electron chi connectivity index (χ0n) is 22.5. The van der Waals surface area contributed by atoms with Gasteiger partial charge in [0, 0.05) is 18.1 Å². The van der Waals surface area contributed by atoms with Crippen LogP contribution in [-0.4, -0.2) is 34.9 Å². The summed E-state index contributed by atoms with van der Waals surface area (Å²) in [4.78, 5) is 16.1. The average Bonchev–Trinajstić information content (AvgIpc) is 3.22. The van der Waals surface area contributed by atoms with Gasteiger partial charge in [0.25, 0.3) is 0 Å². The maximum absolute atomic E-state index is 11.3. The molecule has 2 atom stereocenters. The number of carboxylic acid groups (broad SMARTS) is 1. The van der Waals surface area contributed by atoms with Gasteiger partial charge in [0.15, 0.2) is 5.60 Å². The number of rotatable bonds is 10. The molecule has 6 heteroatoms. The van der Waals surface area contributed by atoms with Crippen molar-refractivity contribution in [2.45, 2.75) is 97.7 Å². The van der Waals surface area contributed by atoms with Crippen molar-refractivity contribution in [2.24, 2.45) is 11.8 Å². The molecule has 0 aliphatic heterocycles. The normalized spacial score (nSPS) is 19.3. The third-order valence-electron chi connectivity index (χ3n) is 6.93. The molecule has 0 spiro atoms. The number of carboxylic acids is 1. The van der Waals surface area contributed by atoms with Crippen LogP contribution in [0, 0.1) is 11.8 Å². The largest absolute Gasteiger partial charge is 0.479 e. The summed E-state index contributed by atoms with van der Waals surface area (Å²) in [5.74, 6) is 1.64. The number of benzene rings is 1. The molecule has 0 radical (unpaired) electrons. The summed E-state index contributed by atoms with van der Waals surface area (Å²) in [5, 5.41) is 9.27. The molecule has 1 N–H and O–H groups in total. The van der Waals surface area contributed by atoms with E-state index in [9.17, 15) is 9.90 Å². The number of nitrogens with zero attached hydrogens (tertiary/aromatic N) is 1. The van der Waals surface area contributed by atoms with Gasteiger partial charge in [-0.3, -0.25) is 0 Å². The van der Waals surface area contributed by atoms with E-state index in [-0.39, 0.29) is 11.3 Å². The molecule has 6 nitrogen and oxygen atoms in total. The molecular formula is C29H43NO5. The predicted octanol–water partition coefficient (Wildman–Crippen LogP) is 6.97. The van der Waals surface area contributed by atoms with Crippen LogP contribution in [0.4, 0.5) is 0 Å². The van der Waals surface area contributed by atoms with Crippen LogP contribution in [0.2, 0.25) is 0 Å². The van der Waals surface area contributed by atoms with Gasteiger partial charge in [-0.2, -0.15) is 0 Å². The quantitative estimate of drug-likeness (QED) is 0.391. The SMILES string of the molecule is CC(C)c1oc(-c2ccc(C(C)(C)C)cc2)nc1COC[C@H]1CCC[C@@H](COC(C)(C)C(=O)O)C1. The number of ether oxygens (including phenoxy) is 2. The Hall–Kier alpha value is -2.18. The van der Waals surface area contributed by atoms with Gasteiger partial charge in [0.2, 0.25) is 5.89 Å². The van der Waals surface area contributed by atoms with Gasteiger partial charge in [-0.05, 0) is 68.1 Å². The molecule has 2 aromatic rings. The summed E-state index contributed by atoms with van der Waals surface area (Å²) in [7, 11) is 0. The number of aliphatic carboxylic acids is 1. The van der Waals surface area contributed by atoms with Gasteiger partial charge in [-0.25, -0.2) is 9.78 Å². The maximum atomic E-state index is 11.3. The molecule has 1 heterocycles. The van der Waals surface area contributed by atoms with Crippen molar-refractivity contribution in [3.8, 4) is 11.5 Å². The summed E-state index contributed by atoms with van der Waals surface area (Å²) >= 11 is 0. The summed E-state index contributed by atoms with van der Waals surface area (Å²) in [6.45, 7) is 15.6. The third kappa shape index (κ3) is 7.40. The van der Waals surface area contributed by atoms with E-state index in [4.69, 9.17) is 18.9 Å². The minimum Gasteiger partial charge on any atom is -0.479 e. The molecule has 1 aliphatic carbocycles. The predicted molar refractivity (Wildman–Crippen MR) is 137 cm³/mol. The van der Waals surface area contributed by atoms with E-state index < -0.39 is 11.6 Å². The van der Waals surface area contributed by atoms with Crippen LogP contribution in [0.15, 0.2) is 28.7 Å². The molecule has 1 aromatic carbocycles. The lowest BCUT2D eigenvalue weighted by Crippen LogP contribution is -2.37. The standard InChI is InChI=1S/C29H43NO5/c1-19(2)25-24(30-26(35-25)22-11-13-23(14-12-22)28(3,4)5)18-33-16-20-9-8-10-21(15-20)17-34-29(6,7)27(31)32/h11-14,19-21H,8-10,15-18H2,1-7H3,(H,31,32)/t20-,21+/m0/s1. The molecule has 3 rings (SSSR count). The van der Waals surface area contributed by atoms with E-state index in [1.165, 1.54) is 5.56 Å². The zero-order chi connectivity index (χ0) is 25.8. The van der Waals surface area contributed by atoms with Crippen LogP contribution in [0.1, 0.15) is 97.1 Å². The fourth-order valence-corrected chi connectivity index (χ4v) is 4.57. The van der Waals surface area contributed by atoms with E-state index in [0.717, 1.165) is 42.7 Å². The number of aromatic nitrogens is 1. The lowest BCUT2D eigenvalue weighted by molar-refractivity contribution is -0.163. The lowest BCUT2D eigenvalue weighted by atomic mass is 9.82. The highest BCUT2D eigenvalue weighted by Crippen LogP contribution is 2.32.